The fraction of sp³-hybridized carbons (Fsp3) is 0.500. The van der Waals surface area contributed by atoms with Gasteiger partial charge in [-0.05, 0) is 35.9 Å². The Bertz CT molecular complexity index is 531. The summed E-state index contributed by atoms with van der Waals surface area (Å²) in [6.07, 6.45) is 2.26. The molecule has 6 heteroatoms. The van der Waals surface area contributed by atoms with E-state index < -0.39 is 9.84 Å². The quantitative estimate of drug-likeness (QED) is 0.928. The van der Waals surface area contributed by atoms with E-state index in [2.05, 4.69) is 5.32 Å². The van der Waals surface area contributed by atoms with Crippen molar-refractivity contribution in [2.24, 2.45) is 0 Å². The Morgan fingerprint density at radius 3 is 3.00 bits per heavy atom. The van der Waals surface area contributed by atoms with E-state index in [9.17, 15) is 8.42 Å². The molecule has 0 amide bonds. The predicted molar refractivity (Wildman–Crippen MR) is 77.2 cm³/mol. The van der Waals surface area contributed by atoms with Crippen LogP contribution >= 0.6 is 23.4 Å². The van der Waals surface area contributed by atoms with Gasteiger partial charge in [0.05, 0.1) is 5.75 Å². The van der Waals surface area contributed by atoms with Crippen molar-refractivity contribution in [3.8, 4) is 0 Å². The zero-order chi connectivity index (χ0) is 13.2. The van der Waals surface area contributed by atoms with Crippen molar-refractivity contribution >= 4 is 33.2 Å². The number of sulfone groups is 1. The van der Waals surface area contributed by atoms with Crippen LogP contribution in [-0.4, -0.2) is 32.7 Å². The lowest BCUT2D eigenvalue weighted by Crippen LogP contribution is -2.29. The van der Waals surface area contributed by atoms with Crippen molar-refractivity contribution < 1.29 is 8.42 Å². The van der Waals surface area contributed by atoms with Gasteiger partial charge in [0.15, 0.2) is 0 Å². The van der Waals surface area contributed by atoms with Gasteiger partial charge >= 0.3 is 0 Å². The van der Waals surface area contributed by atoms with Crippen LogP contribution in [0.4, 0.5) is 0 Å². The molecule has 0 radical (unpaired) electrons. The molecule has 0 saturated carbocycles. The minimum Gasteiger partial charge on any atom is -0.309 e. The summed E-state index contributed by atoms with van der Waals surface area (Å²) in [6.45, 7) is 0.486. The smallest absolute Gasteiger partial charge is 0.148 e. The van der Waals surface area contributed by atoms with Crippen LogP contribution in [0, 0.1) is 0 Å². The van der Waals surface area contributed by atoms with Crippen LogP contribution in [0.5, 0.6) is 0 Å². The lowest BCUT2D eigenvalue weighted by atomic mass is 10.0. The van der Waals surface area contributed by atoms with E-state index in [0.717, 1.165) is 17.2 Å². The molecular formula is C12H16ClNO2S2. The van der Waals surface area contributed by atoms with E-state index in [1.165, 1.54) is 16.7 Å². The summed E-state index contributed by atoms with van der Waals surface area (Å²) in [6, 6.07) is 6.11. The lowest BCUT2D eigenvalue weighted by Gasteiger charge is -2.26. The van der Waals surface area contributed by atoms with Crippen LogP contribution in [0.2, 0.25) is 5.02 Å². The number of halogens is 1. The fourth-order valence-corrected chi connectivity index (χ4v) is 3.77. The molecule has 1 heterocycles. The van der Waals surface area contributed by atoms with Crippen molar-refractivity contribution in [1.29, 1.82) is 0 Å². The van der Waals surface area contributed by atoms with Gasteiger partial charge in [0.1, 0.15) is 9.84 Å². The summed E-state index contributed by atoms with van der Waals surface area (Å²) >= 11 is 7.84. The van der Waals surface area contributed by atoms with Crippen LogP contribution in [0.3, 0.4) is 0 Å². The normalized spacial score (nSPS) is 19.6. The van der Waals surface area contributed by atoms with E-state index in [-0.39, 0.29) is 11.8 Å². The molecule has 3 nitrogen and oxygen atoms in total. The topological polar surface area (TPSA) is 46.2 Å². The van der Waals surface area contributed by atoms with Gasteiger partial charge < -0.3 is 5.32 Å². The van der Waals surface area contributed by atoms with Gasteiger partial charge in [0.2, 0.25) is 0 Å². The number of benzene rings is 1. The Morgan fingerprint density at radius 1 is 1.50 bits per heavy atom. The van der Waals surface area contributed by atoms with Crippen molar-refractivity contribution in [1.82, 2.24) is 5.32 Å². The zero-order valence-electron chi connectivity index (χ0n) is 10.1. The minimum atomic E-state index is -2.90. The first-order valence-electron chi connectivity index (χ1n) is 5.79. The summed E-state index contributed by atoms with van der Waals surface area (Å²) in [5, 5.41) is 4.04. The Hall–Kier alpha value is -0.230. The largest absolute Gasteiger partial charge is 0.309 e. The second-order valence-corrected chi connectivity index (χ2v) is 8.29. The number of hydrogen-bond acceptors (Lipinski definition) is 4. The van der Waals surface area contributed by atoms with Crippen LogP contribution in [0.25, 0.3) is 0 Å². The molecule has 0 saturated heterocycles. The van der Waals surface area contributed by atoms with Gasteiger partial charge in [0, 0.05) is 28.8 Å². The first kappa shape index (κ1) is 14.2. The molecule has 1 aliphatic rings. The third kappa shape index (κ3) is 3.88. The Balaban J connectivity index is 2.05. The minimum absolute atomic E-state index is 0.173. The van der Waals surface area contributed by atoms with Crippen LogP contribution < -0.4 is 5.32 Å². The van der Waals surface area contributed by atoms with Crippen molar-refractivity contribution in [2.45, 2.75) is 17.4 Å². The van der Waals surface area contributed by atoms with Crippen molar-refractivity contribution in [3.05, 3.63) is 28.8 Å². The molecule has 18 heavy (non-hydrogen) atoms. The second-order valence-electron chi connectivity index (χ2n) is 4.46. The molecule has 2 rings (SSSR count). The van der Waals surface area contributed by atoms with E-state index in [1.807, 2.05) is 30.0 Å². The highest BCUT2D eigenvalue weighted by Crippen LogP contribution is 2.37. The second kappa shape index (κ2) is 5.82. The number of nitrogens with one attached hydrogen (secondary N) is 1. The maximum atomic E-state index is 11.1. The van der Waals surface area contributed by atoms with E-state index in [0.29, 0.717) is 6.54 Å². The standard InChI is InChI=1S/C12H16ClNO2S2/c1-18(15,16)7-5-14-11-4-6-17-12-3-2-9(13)8-10(11)12/h2-3,8,11,14H,4-7H2,1H3. The summed E-state index contributed by atoms with van der Waals surface area (Å²) in [5.74, 6) is 1.22. The van der Waals surface area contributed by atoms with Crippen LogP contribution in [0.1, 0.15) is 18.0 Å². The molecule has 1 aromatic carbocycles. The summed E-state index contributed by atoms with van der Waals surface area (Å²) < 4.78 is 22.2. The maximum Gasteiger partial charge on any atom is 0.148 e. The molecule has 0 bridgehead atoms. The molecule has 1 aromatic rings. The van der Waals surface area contributed by atoms with Gasteiger partial charge in [-0.3, -0.25) is 0 Å². The van der Waals surface area contributed by atoms with Gasteiger partial charge in [0.25, 0.3) is 0 Å². The summed E-state index contributed by atoms with van der Waals surface area (Å²) in [4.78, 5) is 1.24. The van der Waals surface area contributed by atoms with E-state index in [1.54, 1.807) is 0 Å². The Morgan fingerprint density at radius 2 is 2.28 bits per heavy atom. The lowest BCUT2D eigenvalue weighted by molar-refractivity contribution is 0.523. The molecule has 1 aliphatic heterocycles. The van der Waals surface area contributed by atoms with E-state index in [4.69, 9.17) is 11.6 Å². The molecule has 0 fully saturated rings. The molecule has 1 unspecified atom stereocenters. The number of thioether (sulfide) groups is 1. The number of rotatable bonds is 4. The monoisotopic (exact) mass is 305 g/mol. The highest BCUT2D eigenvalue weighted by Gasteiger charge is 2.20. The first-order valence-corrected chi connectivity index (χ1v) is 9.21. The van der Waals surface area contributed by atoms with Gasteiger partial charge in [-0.1, -0.05) is 11.6 Å². The average Bonchev–Trinajstić information content (AvgIpc) is 2.28. The summed E-state index contributed by atoms with van der Waals surface area (Å²) in [7, 11) is -2.90. The summed E-state index contributed by atoms with van der Waals surface area (Å²) in [5.41, 5.74) is 1.19. The third-order valence-corrected chi connectivity index (χ3v) is 5.18. The molecule has 0 spiro atoms. The average molecular weight is 306 g/mol. The number of fused-ring (bicyclic) bond motifs is 1. The number of hydrogen-bond donors (Lipinski definition) is 1. The van der Waals surface area contributed by atoms with Crippen molar-refractivity contribution in [3.63, 3.8) is 0 Å². The maximum absolute atomic E-state index is 11.1. The van der Waals surface area contributed by atoms with Gasteiger partial charge in [-0.2, -0.15) is 0 Å². The molecule has 1 N–H and O–H groups in total. The van der Waals surface area contributed by atoms with Gasteiger partial charge in [-0.25, -0.2) is 8.42 Å². The first-order chi connectivity index (χ1) is 8.46. The molecule has 0 aliphatic carbocycles. The fourth-order valence-electron chi connectivity index (χ4n) is 2.00. The SMILES string of the molecule is CS(=O)(=O)CCNC1CCSc2ccc(Cl)cc21. The van der Waals surface area contributed by atoms with E-state index >= 15 is 0 Å². The Labute approximate surface area is 117 Å². The molecule has 0 aromatic heterocycles. The predicted octanol–water partition coefficient (Wildman–Crippen LogP) is 2.51. The van der Waals surface area contributed by atoms with Crippen LogP contribution in [0.15, 0.2) is 23.1 Å². The zero-order valence-corrected chi connectivity index (χ0v) is 12.5. The van der Waals surface area contributed by atoms with Gasteiger partial charge in [-0.15, -0.1) is 11.8 Å². The highest BCUT2D eigenvalue weighted by molar-refractivity contribution is 7.99. The third-order valence-electron chi connectivity index (χ3n) is 2.87. The van der Waals surface area contributed by atoms with Crippen molar-refractivity contribution in [2.75, 3.05) is 24.3 Å². The highest BCUT2D eigenvalue weighted by atomic mass is 35.5. The Kier molecular flexibility index (Phi) is 4.59. The molecule has 1 atom stereocenters. The molecular weight excluding hydrogens is 290 g/mol. The molecule has 100 valence electrons. The van der Waals surface area contributed by atoms with Crippen LogP contribution in [-0.2, 0) is 9.84 Å².